The van der Waals surface area contributed by atoms with E-state index in [0.29, 0.717) is 30.7 Å². The molecule has 196 valence electrons. The summed E-state index contributed by atoms with van der Waals surface area (Å²) in [6.07, 6.45) is 7.70. The Morgan fingerprint density at radius 3 is 2.31 bits per heavy atom. The van der Waals surface area contributed by atoms with E-state index in [9.17, 15) is 26.2 Å². The molecular weight excluding hydrogens is 496 g/mol. The van der Waals surface area contributed by atoms with Crippen LogP contribution in [0.1, 0.15) is 51.5 Å². The minimum atomic E-state index is -4.32. The molecule has 0 aliphatic carbocycles. The first-order chi connectivity index (χ1) is 16.2. The van der Waals surface area contributed by atoms with Crippen molar-refractivity contribution in [1.82, 2.24) is 0 Å². The number of unbranched alkanes of at least 4 members (excludes halogenated alkanes) is 2. The van der Waals surface area contributed by atoms with Gasteiger partial charge < -0.3 is 10.0 Å². The van der Waals surface area contributed by atoms with E-state index >= 15 is 0 Å². The van der Waals surface area contributed by atoms with Crippen LogP contribution >= 0.6 is 0 Å². The molecule has 3 N–H and O–H groups in total. The first kappa shape index (κ1) is 30.5. The molecule has 0 saturated heterocycles. The van der Waals surface area contributed by atoms with Crippen molar-refractivity contribution in [1.29, 1.82) is 0 Å². The minimum Gasteiger partial charge on any atom is -0.481 e. The van der Waals surface area contributed by atoms with E-state index < -0.39 is 26.2 Å². The molecule has 0 unspecified atom stereocenters. The summed E-state index contributed by atoms with van der Waals surface area (Å²) >= 11 is 0. The van der Waals surface area contributed by atoms with Crippen molar-refractivity contribution in [3.05, 3.63) is 47.7 Å². The number of aliphatic imine (C=N–C) groups is 1. The third kappa shape index (κ3) is 12.6. The lowest BCUT2D eigenvalue weighted by atomic mass is 10.1. The predicted octanol–water partition coefficient (Wildman–Crippen LogP) is 3.89. The summed E-state index contributed by atoms with van der Waals surface area (Å²) in [5, 5.41) is 8.82. The number of aliphatic carboxylic acids is 1. The first-order valence-electron chi connectivity index (χ1n) is 11.1. The molecule has 12 heteroatoms. The topological polar surface area (TPSA) is 162 Å². The lowest BCUT2D eigenvalue weighted by Crippen LogP contribution is -2.23. The molecule has 1 rings (SSSR count). The van der Waals surface area contributed by atoms with Gasteiger partial charge in [0.25, 0.3) is 20.2 Å². The maximum absolute atomic E-state index is 11.5. The third-order valence-corrected chi connectivity index (χ3v) is 6.71. The molecule has 35 heavy (non-hydrogen) atoms. The van der Waals surface area contributed by atoms with Crippen LogP contribution in [0.3, 0.4) is 0 Å². The van der Waals surface area contributed by atoms with E-state index in [0.717, 1.165) is 17.8 Å². The second-order valence-corrected chi connectivity index (χ2v) is 11.1. The van der Waals surface area contributed by atoms with Gasteiger partial charge in [0.2, 0.25) is 0 Å². The average Bonchev–Trinajstić information content (AvgIpc) is 2.72. The molecule has 0 radical (unpaired) electrons. The Balaban J connectivity index is 3.02. The highest BCUT2D eigenvalue weighted by atomic mass is 32.2. The average molecular weight is 531 g/mol. The molecule has 1 aromatic rings. The highest BCUT2D eigenvalue weighted by Gasteiger charge is 2.15. The standard InChI is InChI=1S/C23H34N2O8S2/c1-18-17-21(35(31,32)33)12-13-22(18)25(15-6-4-5-11-23(26)27)20(3)10-7-9-19(2)24-14-8-16-34(28,29)30/h7,9-10,12-13,17H,4-6,8,11,14-16H2,1-3H3,(H,26,27)(H,28,29,30)(H,31,32,33)/b9-7+,20-10+,24-19-. The molecule has 1 aromatic carbocycles. The molecule has 0 spiro atoms. The molecule has 0 heterocycles. The van der Waals surface area contributed by atoms with Crippen LogP contribution in [0.25, 0.3) is 0 Å². The first-order valence-corrected chi connectivity index (χ1v) is 14.1. The molecule has 0 saturated carbocycles. The number of rotatable bonds is 15. The normalized spacial score (nSPS) is 13.4. The summed E-state index contributed by atoms with van der Waals surface area (Å²) in [7, 11) is -8.32. The summed E-state index contributed by atoms with van der Waals surface area (Å²) < 4.78 is 62.5. The second-order valence-electron chi connectivity index (χ2n) is 8.11. The van der Waals surface area contributed by atoms with E-state index in [1.807, 2.05) is 17.9 Å². The van der Waals surface area contributed by atoms with Crippen LogP contribution in [0.5, 0.6) is 0 Å². The fraction of sp³-hybridized carbons (Fsp3) is 0.478. The number of benzene rings is 1. The van der Waals surface area contributed by atoms with Gasteiger partial charge in [-0.25, -0.2) is 0 Å². The Morgan fingerprint density at radius 1 is 1.06 bits per heavy atom. The number of nitrogens with zero attached hydrogens (tertiary/aromatic N) is 2. The second kappa shape index (κ2) is 14.1. The van der Waals surface area contributed by atoms with Crippen molar-refractivity contribution in [2.75, 3.05) is 23.7 Å². The van der Waals surface area contributed by atoms with Crippen LogP contribution in [0, 0.1) is 6.92 Å². The van der Waals surface area contributed by atoms with E-state index in [1.54, 1.807) is 32.1 Å². The summed E-state index contributed by atoms with van der Waals surface area (Å²) in [6.45, 7) is 6.24. The molecule has 0 bridgehead atoms. The van der Waals surface area contributed by atoms with Crippen molar-refractivity contribution in [3.63, 3.8) is 0 Å². The number of anilines is 1. The van der Waals surface area contributed by atoms with Crippen LogP contribution in [0.4, 0.5) is 5.69 Å². The largest absolute Gasteiger partial charge is 0.481 e. The maximum atomic E-state index is 11.5. The van der Waals surface area contributed by atoms with E-state index in [2.05, 4.69) is 4.99 Å². The van der Waals surface area contributed by atoms with Crippen molar-refractivity contribution in [2.45, 2.75) is 57.8 Å². The summed E-state index contributed by atoms with van der Waals surface area (Å²) in [6, 6.07) is 4.36. The smallest absolute Gasteiger partial charge is 0.303 e. The highest BCUT2D eigenvalue weighted by Crippen LogP contribution is 2.27. The van der Waals surface area contributed by atoms with Crippen LogP contribution in [0.2, 0.25) is 0 Å². The Hall–Kier alpha value is -2.54. The van der Waals surface area contributed by atoms with Gasteiger partial charge in [0.1, 0.15) is 0 Å². The van der Waals surface area contributed by atoms with Crippen molar-refractivity contribution in [2.24, 2.45) is 4.99 Å². The van der Waals surface area contributed by atoms with Gasteiger partial charge in [-0.2, -0.15) is 16.8 Å². The zero-order valence-electron chi connectivity index (χ0n) is 20.2. The lowest BCUT2D eigenvalue weighted by molar-refractivity contribution is -0.137. The van der Waals surface area contributed by atoms with Crippen molar-refractivity contribution >= 4 is 37.6 Å². The van der Waals surface area contributed by atoms with Gasteiger partial charge in [0.15, 0.2) is 0 Å². The third-order valence-electron chi connectivity index (χ3n) is 5.05. The van der Waals surface area contributed by atoms with Crippen molar-refractivity contribution in [3.8, 4) is 0 Å². The Labute approximate surface area is 207 Å². The van der Waals surface area contributed by atoms with E-state index in [-0.39, 0.29) is 30.0 Å². The molecule has 0 fully saturated rings. The van der Waals surface area contributed by atoms with Gasteiger partial charge in [-0.05, 0) is 75.9 Å². The monoisotopic (exact) mass is 530 g/mol. The maximum Gasteiger partial charge on any atom is 0.303 e. The lowest BCUT2D eigenvalue weighted by Gasteiger charge is -2.27. The SMILES string of the molecule is CC(/C=C/C=C(\C)N(CCCCCC(=O)O)c1ccc(S(=O)(=O)O)cc1C)=N/CCCS(=O)(=O)O. The number of aryl methyl sites for hydroxylation is 1. The highest BCUT2D eigenvalue weighted by molar-refractivity contribution is 7.86. The fourth-order valence-corrected chi connectivity index (χ4v) is 4.33. The Kier molecular flexibility index (Phi) is 12.3. The fourth-order valence-electron chi connectivity index (χ4n) is 3.27. The number of allylic oxidation sites excluding steroid dienone is 4. The van der Waals surface area contributed by atoms with Gasteiger partial charge in [0, 0.05) is 36.6 Å². The number of hydrogen-bond donors (Lipinski definition) is 3. The Bertz CT molecular complexity index is 1170. The molecule has 10 nitrogen and oxygen atoms in total. The minimum absolute atomic E-state index is 0.0997. The molecule has 0 aromatic heterocycles. The summed E-state index contributed by atoms with van der Waals surface area (Å²) in [5.74, 6) is -1.18. The summed E-state index contributed by atoms with van der Waals surface area (Å²) in [4.78, 5) is 16.8. The Morgan fingerprint density at radius 2 is 1.74 bits per heavy atom. The van der Waals surface area contributed by atoms with Crippen LogP contribution < -0.4 is 4.90 Å². The van der Waals surface area contributed by atoms with Gasteiger partial charge in [-0.15, -0.1) is 0 Å². The molecule has 0 atom stereocenters. The molecule has 0 aliphatic heterocycles. The molecule has 0 amide bonds. The summed E-state index contributed by atoms with van der Waals surface area (Å²) in [5.41, 5.74) is 2.94. The van der Waals surface area contributed by atoms with Gasteiger partial charge in [-0.1, -0.05) is 12.5 Å². The predicted molar refractivity (Wildman–Crippen MR) is 136 cm³/mol. The molecular formula is C23H34N2O8S2. The number of carbonyl (C=O) groups is 1. The van der Waals surface area contributed by atoms with Crippen LogP contribution in [-0.4, -0.2) is 61.6 Å². The van der Waals surface area contributed by atoms with Gasteiger partial charge in [0.05, 0.1) is 10.6 Å². The van der Waals surface area contributed by atoms with Crippen molar-refractivity contribution < 1.29 is 35.8 Å². The van der Waals surface area contributed by atoms with E-state index in [4.69, 9.17) is 9.66 Å². The number of carboxylic acid groups (broad SMARTS) is 1. The number of hydrogen-bond acceptors (Lipinski definition) is 7. The quantitative estimate of drug-likeness (QED) is 0.132. The van der Waals surface area contributed by atoms with Crippen LogP contribution in [-0.2, 0) is 25.0 Å². The zero-order valence-corrected chi connectivity index (χ0v) is 21.8. The van der Waals surface area contributed by atoms with Gasteiger partial charge in [-0.3, -0.25) is 18.9 Å². The zero-order chi connectivity index (χ0) is 26.6. The molecule has 0 aliphatic rings. The van der Waals surface area contributed by atoms with Gasteiger partial charge >= 0.3 is 5.97 Å². The van der Waals surface area contributed by atoms with Crippen LogP contribution in [0.15, 0.2) is 52.0 Å². The van der Waals surface area contributed by atoms with E-state index in [1.165, 1.54) is 12.1 Å². The number of carboxylic acids is 1.